The van der Waals surface area contributed by atoms with Crippen LogP contribution in [-0.2, 0) is 16.6 Å². The van der Waals surface area contributed by atoms with Crippen molar-refractivity contribution in [3.8, 4) is 11.1 Å². The maximum absolute atomic E-state index is 14.7. The van der Waals surface area contributed by atoms with Crippen LogP contribution >= 0.6 is 0 Å². The molecule has 0 saturated heterocycles. The highest BCUT2D eigenvalue weighted by molar-refractivity contribution is 7.90. The average Bonchev–Trinajstić information content (AvgIpc) is 3.51. The molecule has 198 valence electrons. The zero-order chi connectivity index (χ0) is 27.4. The summed E-state index contributed by atoms with van der Waals surface area (Å²) in [4.78, 5) is 29.3. The summed E-state index contributed by atoms with van der Waals surface area (Å²) in [6.45, 7) is 4.72. The van der Waals surface area contributed by atoms with Crippen molar-refractivity contribution in [1.29, 1.82) is 0 Å². The van der Waals surface area contributed by atoms with Crippen molar-refractivity contribution in [3.05, 3.63) is 93.5 Å². The molecule has 0 bridgehead atoms. The third-order valence-corrected chi connectivity index (χ3v) is 8.83. The number of carbonyl (C=O) groups is 1. The predicted octanol–water partition coefficient (Wildman–Crippen LogP) is 4.91. The Morgan fingerprint density at radius 1 is 1.16 bits per heavy atom. The number of H-pyrrole nitrogens is 1. The molecular weight excluding hydrogens is 512 g/mol. The van der Waals surface area contributed by atoms with Gasteiger partial charge in [-0.2, -0.15) is 0 Å². The minimum Gasteiger partial charge on any atom is -0.331 e. The van der Waals surface area contributed by atoms with Crippen molar-refractivity contribution in [1.82, 2.24) is 14.3 Å². The van der Waals surface area contributed by atoms with Crippen molar-refractivity contribution in [2.24, 2.45) is 5.92 Å². The highest BCUT2D eigenvalue weighted by Gasteiger charge is 2.35. The van der Waals surface area contributed by atoms with Gasteiger partial charge < -0.3 is 9.55 Å². The molecule has 1 aliphatic rings. The van der Waals surface area contributed by atoms with E-state index in [1.807, 2.05) is 12.1 Å². The minimum atomic E-state index is -4.05. The Morgan fingerprint density at radius 2 is 1.89 bits per heavy atom. The molecule has 2 atom stereocenters. The largest absolute Gasteiger partial charge is 0.331 e. The number of benzene rings is 2. The van der Waals surface area contributed by atoms with Crippen molar-refractivity contribution in [2.75, 3.05) is 0 Å². The van der Waals surface area contributed by atoms with E-state index in [0.29, 0.717) is 22.7 Å². The number of sulfonamides is 1. The van der Waals surface area contributed by atoms with Crippen molar-refractivity contribution in [2.45, 2.75) is 44.9 Å². The summed E-state index contributed by atoms with van der Waals surface area (Å²) in [6.07, 6.45) is 2.45. The quantitative estimate of drug-likeness (QED) is 0.348. The highest BCUT2D eigenvalue weighted by atomic mass is 32.2. The van der Waals surface area contributed by atoms with E-state index >= 15 is 0 Å². The van der Waals surface area contributed by atoms with Crippen molar-refractivity contribution < 1.29 is 22.0 Å². The lowest BCUT2D eigenvalue weighted by molar-refractivity contribution is 0.0973. The first-order chi connectivity index (χ1) is 18.0. The summed E-state index contributed by atoms with van der Waals surface area (Å²) in [5.41, 5.74) is 1.25. The number of pyridine rings is 1. The van der Waals surface area contributed by atoms with Crippen LogP contribution in [0.5, 0.6) is 0 Å². The summed E-state index contributed by atoms with van der Waals surface area (Å²) >= 11 is 0. The number of amides is 1. The summed E-state index contributed by atoms with van der Waals surface area (Å²) < 4.78 is 57.7. The number of fused-ring (bicyclic) bond motifs is 1. The molecule has 0 spiro atoms. The van der Waals surface area contributed by atoms with Crippen LogP contribution < -0.4 is 10.3 Å². The molecule has 7 nitrogen and oxygen atoms in total. The molecule has 2 N–H and O–H groups in total. The molecule has 1 saturated carbocycles. The molecule has 10 heteroatoms. The van der Waals surface area contributed by atoms with Gasteiger partial charge in [0, 0.05) is 33.8 Å². The summed E-state index contributed by atoms with van der Waals surface area (Å²) in [5.74, 6) is -1.50. The van der Waals surface area contributed by atoms with E-state index < -0.39 is 38.4 Å². The van der Waals surface area contributed by atoms with Gasteiger partial charge in [0.25, 0.3) is 11.5 Å². The molecule has 2 heterocycles. The topological polar surface area (TPSA) is 101 Å². The van der Waals surface area contributed by atoms with E-state index in [2.05, 4.69) is 16.6 Å². The molecule has 5 rings (SSSR count). The molecular formula is C28H27F2N3O4S. The molecule has 0 radical (unpaired) electrons. The summed E-state index contributed by atoms with van der Waals surface area (Å²) in [6, 6.07) is 11.8. The Balaban J connectivity index is 1.83. The third kappa shape index (κ3) is 4.64. The van der Waals surface area contributed by atoms with Crippen LogP contribution in [0.2, 0.25) is 0 Å². The summed E-state index contributed by atoms with van der Waals surface area (Å²) in [7, 11) is -4.05. The van der Waals surface area contributed by atoms with E-state index in [1.54, 1.807) is 18.2 Å². The van der Waals surface area contributed by atoms with Crippen LogP contribution in [0.3, 0.4) is 0 Å². The van der Waals surface area contributed by atoms with Gasteiger partial charge in [-0.1, -0.05) is 13.0 Å². The lowest BCUT2D eigenvalue weighted by Gasteiger charge is -2.15. The molecule has 2 aromatic heterocycles. The van der Waals surface area contributed by atoms with Crippen LogP contribution in [0.25, 0.3) is 22.0 Å². The number of nitrogens with one attached hydrogen (secondary N) is 2. The minimum absolute atomic E-state index is 0.0314. The Labute approximate surface area is 218 Å². The lowest BCUT2D eigenvalue weighted by atomic mass is 10.00. The standard InChI is InChI=1S/C28H27F2N3O4S/c1-15(2)38(36,37)32-28(35)26-25(20-5-4-10-31-27(20)34)22-13-17(21-11-16(21)3)6-9-24(22)33(26)14-18-12-19(29)7-8-23(18)30/h4-10,12-13,15-16,21H,11,14H2,1-3H3,(H,31,34)(H,32,35)/t16-,21?/m0/s1. The van der Waals surface area contributed by atoms with Crippen molar-refractivity contribution >= 4 is 26.8 Å². The fourth-order valence-electron chi connectivity index (χ4n) is 4.81. The second kappa shape index (κ2) is 9.50. The van der Waals surface area contributed by atoms with Gasteiger partial charge in [0.1, 0.15) is 17.3 Å². The zero-order valence-corrected chi connectivity index (χ0v) is 21.9. The number of nitrogens with zero attached hydrogens (tertiary/aromatic N) is 1. The number of aromatic amines is 1. The van der Waals surface area contributed by atoms with Gasteiger partial charge >= 0.3 is 0 Å². The first kappa shape index (κ1) is 25.8. The Hall–Kier alpha value is -3.79. The Kier molecular flexibility index (Phi) is 6.46. The van der Waals surface area contributed by atoms with E-state index in [9.17, 15) is 26.8 Å². The molecule has 1 amide bonds. The van der Waals surface area contributed by atoms with Crippen LogP contribution in [0.4, 0.5) is 8.78 Å². The van der Waals surface area contributed by atoms with Crippen LogP contribution in [-0.4, -0.2) is 29.1 Å². The van der Waals surface area contributed by atoms with Gasteiger partial charge in [-0.25, -0.2) is 21.9 Å². The fourth-order valence-corrected chi connectivity index (χ4v) is 5.40. The second-order valence-corrected chi connectivity index (χ2v) is 12.3. The highest BCUT2D eigenvalue weighted by Crippen LogP contribution is 2.48. The smallest absolute Gasteiger partial charge is 0.282 e. The summed E-state index contributed by atoms with van der Waals surface area (Å²) in [5, 5.41) is -0.362. The van der Waals surface area contributed by atoms with Gasteiger partial charge in [0.05, 0.1) is 11.8 Å². The monoisotopic (exact) mass is 539 g/mol. The molecule has 38 heavy (non-hydrogen) atoms. The number of hydrogen-bond acceptors (Lipinski definition) is 4. The van der Waals surface area contributed by atoms with Crippen molar-refractivity contribution in [3.63, 3.8) is 0 Å². The fraction of sp³-hybridized carbons (Fsp3) is 0.286. The predicted molar refractivity (Wildman–Crippen MR) is 141 cm³/mol. The number of aromatic nitrogens is 2. The number of rotatable bonds is 7. The number of halogens is 2. The molecule has 0 aliphatic heterocycles. The van der Waals surface area contributed by atoms with E-state index in [4.69, 9.17) is 0 Å². The number of carbonyl (C=O) groups excluding carboxylic acids is 1. The number of hydrogen-bond donors (Lipinski definition) is 2. The van der Waals surface area contributed by atoms with E-state index in [-0.39, 0.29) is 28.9 Å². The molecule has 1 unspecified atom stereocenters. The maximum atomic E-state index is 14.7. The van der Waals surface area contributed by atoms with Gasteiger partial charge in [0.2, 0.25) is 10.0 Å². The van der Waals surface area contributed by atoms with Gasteiger partial charge in [-0.3, -0.25) is 9.59 Å². The van der Waals surface area contributed by atoms with Crippen LogP contribution in [0.1, 0.15) is 54.7 Å². The van der Waals surface area contributed by atoms with Crippen LogP contribution in [0, 0.1) is 17.6 Å². The first-order valence-electron chi connectivity index (χ1n) is 12.3. The van der Waals surface area contributed by atoms with Gasteiger partial charge in [0.15, 0.2) is 0 Å². The van der Waals surface area contributed by atoms with Gasteiger partial charge in [-0.05, 0) is 80.1 Å². The van der Waals surface area contributed by atoms with E-state index in [1.165, 1.54) is 24.6 Å². The first-order valence-corrected chi connectivity index (χ1v) is 13.9. The lowest BCUT2D eigenvalue weighted by Crippen LogP contribution is -2.37. The molecule has 4 aromatic rings. The normalized spacial score (nSPS) is 17.2. The molecule has 2 aromatic carbocycles. The SMILES string of the molecule is CC(C)S(=O)(=O)NC(=O)c1c(-c2ccc[nH]c2=O)c2cc(C3C[C@@H]3C)ccc2n1Cc1cc(F)ccc1F. The maximum Gasteiger partial charge on any atom is 0.282 e. The molecule has 1 aliphatic carbocycles. The third-order valence-electron chi connectivity index (χ3n) is 7.12. The van der Waals surface area contributed by atoms with Crippen LogP contribution in [0.15, 0.2) is 59.5 Å². The average molecular weight is 540 g/mol. The van der Waals surface area contributed by atoms with E-state index in [0.717, 1.165) is 30.2 Å². The zero-order valence-electron chi connectivity index (χ0n) is 21.1. The molecule has 1 fully saturated rings. The Bertz CT molecular complexity index is 1740. The Morgan fingerprint density at radius 3 is 2.55 bits per heavy atom. The van der Waals surface area contributed by atoms with Gasteiger partial charge in [-0.15, -0.1) is 0 Å². The second-order valence-electron chi connectivity index (χ2n) is 10.1.